The summed E-state index contributed by atoms with van der Waals surface area (Å²) < 4.78 is -0.830. The van der Waals surface area contributed by atoms with Gasteiger partial charge in [-0.25, -0.2) is 0 Å². The minimum Gasteiger partial charge on any atom is -0.394 e. The minimum atomic E-state index is -0.897. The summed E-state index contributed by atoms with van der Waals surface area (Å²) in [4.78, 5) is 44.4. The normalized spacial score (nSPS) is 28.4. The summed E-state index contributed by atoms with van der Waals surface area (Å²) in [7, 11) is 0. The van der Waals surface area contributed by atoms with Crippen molar-refractivity contribution in [3.05, 3.63) is 95.0 Å². The van der Waals surface area contributed by atoms with Crippen LogP contribution in [0.4, 0.5) is 11.4 Å². The molecular formula is C33H34ClN3O4S. The van der Waals surface area contributed by atoms with Gasteiger partial charge in [-0.3, -0.25) is 14.4 Å². The Hall–Kier alpha value is -3.33. The highest BCUT2D eigenvalue weighted by Gasteiger charge is 2.76. The maximum Gasteiger partial charge on any atom is 0.248 e. The minimum absolute atomic E-state index is 0.00798. The molecule has 3 aromatic rings. The van der Waals surface area contributed by atoms with E-state index in [0.29, 0.717) is 29.2 Å². The molecule has 42 heavy (non-hydrogen) atoms. The predicted molar refractivity (Wildman–Crippen MR) is 166 cm³/mol. The quantitative estimate of drug-likeness (QED) is 0.330. The fourth-order valence-electron chi connectivity index (χ4n) is 7.32. The number of thioether (sulfide) groups is 1. The van der Waals surface area contributed by atoms with E-state index in [4.69, 9.17) is 11.6 Å². The first kappa shape index (κ1) is 28.8. The van der Waals surface area contributed by atoms with Crippen LogP contribution < -0.4 is 10.6 Å². The van der Waals surface area contributed by atoms with Crippen LogP contribution in [-0.4, -0.2) is 56.4 Å². The molecule has 3 unspecified atom stereocenters. The lowest BCUT2D eigenvalue weighted by atomic mass is 9.66. The molecule has 3 aliphatic heterocycles. The number of aryl methyl sites for hydroxylation is 1. The number of carbonyl (C=O) groups is 3. The maximum atomic E-state index is 14.6. The molecule has 3 heterocycles. The van der Waals surface area contributed by atoms with Gasteiger partial charge in [0, 0.05) is 10.9 Å². The van der Waals surface area contributed by atoms with Crippen LogP contribution in [0.3, 0.4) is 0 Å². The zero-order valence-corrected chi connectivity index (χ0v) is 25.1. The second-order valence-corrected chi connectivity index (χ2v) is 13.6. The highest BCUT2D eigenvalue weighted by molar-refractivity contribution is 8.02. The number of amides is 3. The van der Waals surface area contributed by atoms with Gasteiger partial charge in [-0.05, 0) is 55.0 Å². The smallest absolute Gasteiger partial charge is 0.248 e. The van der Waals surface area contributed by atoms with Crippen LogP contribution >= 0.6 is 23.4 Å². The molecule has 9 heteroatoms. The molecule has 3 aromatic carbocycles. The third kappa shape index (κ3) is 4.70. The van der Waals surface area contributed by atoms with Crippen LogP contribution in [0.1, 0.15) is 24.5 Å². The molecular weight excluding hydrogens is 570 g/mol. The van der Waals surface area contributed by atoms with E-state index in [-0.39, 0.29) is 35.5 Å². The average molecular weight is 604 g/mol. The summed E-state index contributed by atoms with van der Waals surface area (Å²) in [5.41, 5.74) is 2.92. The van der Waals surface area contributed by atoms with E-state index in [0.717, 1.165) is 11.1 Å². The molecule has 3 N–H and O–H groups in total. The second-order valence-electron chi connectivity index (χ2n) is 11.6. The molecule has 3 aliphatic rings. The van der Waals surface area contributed by atoms with Crippen molar-refractivity contribution in [1.82, 2.24) is 4.90 Å². The summed E-state index contributed by atoms with van der Waals surface area (Å²) in [6.07, 6.45) is 1.09. The van der Waals surface area contributed by atoms with Gasteiger partial charge in [0.05, 0.1) is 39.9 Å². The molecule has 0 aromatic heterocycles. The number of rotatable bonds is 8. The number of likely N-dealkylation sites (tertiary alicyclic amines) is 1. The number of nitrogens with zero attached hydrogens (tertiary/aromatic N) is 1. The Morgan fingerprint density at radius 3 is 2.38 bits per heavy atom. The number of aliphatic hydroxyl groups excluding tert-OH is 1. The first-order chi connectivity index (χ1) is 20.3. The van der Waals surface area contributed by atoms with Gasteiger partial charge in [-0.2, -0.15) is 0 Å². The molecule has 0 saturated carbocycles. The van der Waals surface area contributed by atoms with Crippen molar-refractivity contribution in [2.75, 3.05) is 17.2 Å². The van der Waals surface area contributed by atoms with Crippen molar-refractivity contribution in [3.63, 3.8) is 0 Å². The largest absolute Gasteiger partial charge is 0.394 e. The third-order valence-electron chi connectivity index (χ3n) is 9.16. The fraction of sp³-hybridized carbons (Fsp3) is 0.364. The second kappa shape index (κ2) is 11.4. The summed E-state index contributed by atoms with van der Waals surface area (Å²) in [6, 6.07) is 22.7. The standard InChI is InChI=1S/C33H34ClN3O4S/c1-19-10-9-15-24(34)28(19)36-31(40)29-33-20(2)16-25(42-33)26(30(39)35-22-13-7-4-8-14-22)27(33)32(41)37(29)23(18-38)17-21-11-5-3-6-12-21/h3-15,20,23,25-27,29,38H,16-18H2,1-2H3,(H,35,39)(H,36,40)/t20?,23-,25+,26-,27+,29?,33?/m1/s1. The Labute approximate surface area is 255 Å². The van der Waals surface area contributed by atoms with Crippen molar-refractivity contribution >= 4 is 52.5 Å². The van der Waals surface area contributed by atoms with Gasteiger partial charge in [-0.15, -0.1) is 11.8 Å². The van der Waals surface area contributed by atoms with E-state index >= 15 is 0 Å². The lowest BCUT2D eigenvalue weighted by Crippen LogP contribution is -2.57. The number of anilines is 2. The van der Waals surface area contributed by atoms with Gasteiger partial charge >= 0.3 is 0 Å². The van der Waals surface area contributed by atoms with Crippen LogP contribution in [0.15, 0.2) is 78.9 Å². The topological polar surface area (TPSA) is 98.7 Å². The van der Waals surface area contributed by atoms with E-state index in [2.05, 4.69) is 17.6 Å². The predicted octanol–water partition coefficient (Wildman–Crippen LogP) is 5.17. The summed E-state index contributed by atoms with van der Waals surface area (Å²) in [5.74, 6) is -2.12. The van der Waals surface area contributed by atoms with Crippen LogP contribution in [0.2, 0.25) is 5.02 Å². The fourth-order valence-corrected chi connectivity index (χ4v) is 10.00. The Morgan fingerprint density at radius 1 is 1.02 bits per heavy atom. The summed E-state index contributed by atoms with van der Waals surface area (Å²) in [6.45, 7) is 3.63. The lowest BCUT2D eigenvalue weighted by molar-refractivity contribution is -0.141. The highest BCUT2D eigenvalue weighted by atomic mass is 35.5. The van der Waals surface area contributed by atoms with Gasteiger partial charge in [0.2, 0.25) is 17.7 Å². The number of fused-ring (bicyclic) bond motifs is 1. The Bertz CT molecular complexity index is 1490. The first-order valence-corrected chi connectivity index (χ1v) is 15.6. The van der Waals surface area contributed by atoms with Crippen molar-refractivity contribution < 1.29 is 19.5 Å². The van der Waals surface area contributed by atoms with E-state index in [1.807, 2.05) is 79.7 Å². The maximum absolute atomic E-state index is 14.6. The van der Waals surface area contributed by atoms with Crippen LogP contribution in [0.5, 0.6) is 0 Å². The van der Waals surface area contributed by atoms with Crippen molar-refractivity contribution in [2.45, 2.75) is 48.8 Å². The van der Waals surface area contributed by atoms with E-state index in [1.165, 1.54) is 0 Å². The number of nitrogens with one attached hydrogen (secondary N) is 2. The molecule has 6 rings (SSSR count). The van der Waals surface area contributed by atoms with Crippen LogP contribution in [0, 0.1) is 24.7 Å². The first-order valence-electron chi connectivity index (χ1n) is 14.3. The number of benzene rings is 3. The van der Waals surface area contributed by atoms with Gasteiger partial charge in [0.25, 0.3) is 0 Å². The van der Waals surface area contributed by atoms with Crippen LogP contribution in [0.25, 0.3) is 0 Å². The van der Waals surface area contributed by atoms with E-state index in [1.54, 1.807) is 22.7 Å². The summed E-state index contributed by atoms with van der Waals surface area (Å²) in [5, 5.41) is 17.1. The van der Waals surface area contributed by atoms with Crippen molar-refractivity contribution in [1.29, 1.82) is 0 Å². The lowest BCUT2D eigenvalue weighted by Gasteiger charge is -2.40. The van der Waals surface area contributed by atoms with Crippen molar-refractivity contribution in [2.24, 2.45) is 17.8 Å². The third-order valence-corrected chi connectivity index (χ3v) is 11.6. The zero-order chi connectivity index (χ0) is 29.6. The summed E-state index contributed by atoms with van der Waals surface area (Å²) >= 11 is 8.11. The number of hydrogen-bond donors (Lipinski definition) is 3. The molecule has 3 amide bonds. The Kier molecular flexibility index (Phi) is 7.81. The zero-order valence-electron chi connectivity index (χ0n) is 23.5. The van der Waals surface area contributed by atoms with Gasteiger partial charge < -0.3 is 20.6 Å². The van der Waals surface area contributed by atoms with Gasteiger partial charge in [0.1, 0.15) is 6.04 Å². The molecule has 3 saturated heterocycles. The van der Waals surface area contributed by atoms with Gasteiger partial charge in [0.15, 0.2) is 0 Å². The number of para-hydroxylation sites is 2. The molecule has 2 bridgehead atoms. The monoisotopic (exact) mass is 603 g/mol. The van der Waals surface area contributed by atoms with Gasteiger partial charge in [-0.1, -0.05) is 79.2 Å². The Morgan fingerprint density at radius 2 is 1.71 bits per heavy atom. The molecule has 7 atom stereocenters. The van der Waals surface area contributed by atoms with Crippen LogP contribution in [-0.2, 0) is 20.8 Å². The molecule has 0 radical (unpaired) electrons. The van der Waals surface area contributed by atoms with E-state index in [9.17, 15) is 19.5 Å². The number of carbonyl (C=O) groups excluding carboxylic acids is 3. The SMILES string of the molecule is Cc1cccc(Cl)c1NC(=O)C1N([C@@H](CO)Cc2ccccc2)C(=O)[C@@H]2[C@H](C(=O)Nc3ccccc3)[C@@H]3CC(C)C12S3. The van der Waals surface area contributed by atoms with E-state index < -0.39 is 28.7 Å². The average Bonchev–Trinajstić information content (AvgIpc) is 3.58. The molecule has 7 nitrogen and oxygen atoms in total. The number of aliphatic hydroxyl groups is 1. The molecule has 1 spiro atoms. The molecule has 3 fully saturated rings. The number of halogens is 1. The Balaban J connectivity index is 1.42. The number of hydrogen-bond acceptors (Lipinski definition) is 5. The van der Waals surface area contributed by atoms with Crippen molar-refractivity contribution in [3.8, 4) is 0 Å². The molecule has 0 aliphatic carbocycles. The highest BCUT2D eigenvalue weighted by Crippen LogP contribution is 2.69. The molecule has 218 valence electrons.